The zero-order valence-electron chi connectivity index (χ0n) is 18.8. The van der Waals surface area contributed by atoms with Gasteiger partial charge >= 0.3 is 0 Å². The predicted octanol–water partition coefficient (Wildman–Crippen LogP) is 4.46. The average molecular weight is 542 g/mol. The summed E-state index contributed by atoms with van der Waals surface area (Å²) in [6.45, 7) is 4.45. The van der Waals surface area contributed by atoms with Crippen LogP contribution < -0.4 is 10.6 Å². The molecule has 12 heteroatoms. The van der Waals surface area contributed by atoms with E-state index >= 15 is 0 Å². The van der Waals surface area contributed by atoms with Crippen LogP contribution in [0.25, 0.3) is 22.2 Å². The van der Waals surface area contributed by atoms with Gasteiger partial charge in [-0.3, -0.25) is 9.78 Å². The Bertz CT molecular complexity index is 1380. The molecule has 3 heterocycles. The van der Waals surface area contributed by atoms with Crippen LogP contribution in [0.4, 0.5) is 5.82 Å². The summed E-state index contributed by atoms with van der Waals surface area (Å²) in [6, 6.07) is 9.33. The van der Waals surface area contributed by atoms with E-state index in [2.05, 4.69) is 93.0 Å². The van der Waals surface area contributed by atoms with Crippen molar-refractivity contribution < 1.29 is 4.79 Å². The van der Waals surface area contributed by atoms with E-state index in [4.69, 9.17) is 0 Å². The van der Waals surface area contributed by atoms with Crippen molar-refractivity contribution in [3.05, 3.63) is 59.8 Å². The summed E-state index contributed by atoms with van der Waals surface area (Å²) < 4.78 is -0.557. The quantitative estimate of drug-likeness (QED) is 0.117. The normalized spacial score (nSPS) is 12.1. The van der Waals surface area contributed by atoms with Gasteiger partial charge in [-0.1, -0.05) is 25.1 Å². The molecule has 8 nitrogen and oxygen atoms in total. The lowest BCUT2D eigenvalue weighted by Crippen LogP contribution is -2.27. The number of anilines is 1. The van der Waals surface area contributed by atoms with Crippen molar-refractivity contribution >= 4 is 73.1 Å². The van der Waals surface area contributed by atoms with Crippen molar-refractivity contribution in [1.29, 1.82) is 0 Å². The molecular weight excluding hydrogens is 519 g/mol. The van der Waals surface area contributed by atoms with Gasteiger partial charge in [-0.25, -0.2) is 19.9 Å². The number of hydrogen-bond acceptors (Lipinski definition) is 11. The molecule has 1 atom stereocenters. The van der Waals surface area contributed by atoms with Gasteiger partial charge in [0.05, 0.1) is 22.3 Å². The van der Waals surface area contributed by atoms with Gasteiger partial charge in [-0.2, -0.15) is 0 Å². The fourth-order valence-corrected chi connectivity index (χ4v) is 4.77. The van der Waals surface area contributed by atoms with E-state index in [1.54, 1.807) is 19.2 Å². The van der Waals surface area contributed by atoms with Crippen LogP contribution in [0.3, 0.4) is 0 Å². The second kappa shape index (κ2) is 11.0. The van der Waals surface area contributed by atoms with Gasteiger partial charge in [0.2, 0.25) is 0 Å². The summed E-state index contributed by atoms with van der Waals surface area (Å²) in [4.78, 5) is 34.4. The number of aromatic nitrogens is 5. The van der Waals surface area contributed by atoms with Gasteiger partial charge in [0.1, 0.15) is 32.7 Å². The number of benzene rings is 1. The third kappa shape index (κ3) is 5.83. The molecule has 0 aliphatic rings. The van der Waals surface area contributed by atoms with Crippen LogP contribution >= 0.6 is 50.5 Å². The standard InChI is InChI=1S/C23H23N7OS4/c1-11(13-4-3-5-14-15(6-7-24-19(13)14)20(31)30-23(34)35)9-25-17-8-16(26-10-27-17)18-21(32)28-12(2)29-22(18)33/h3-8,10-11,23,34-35H,9H2,1-2H3,(H,30,31)(H,25,26,27)(H2,28,29,32,33)/t11-/m1/s1. The Morgan fingerprint density at radius 2 is 1.80 bits per heavy atom. The first kappa shape index (κ1) is 25.5. The maximum atomic E-state index is 12.6. The Labute approximate surface area is 224 Å². The fourth-order valence-electron chi connectivity index (χ4n) is 3.72. The minimum Gasteiger partial charge on any atom is -0.369 e. The Morgan fingerprint density at radius 1 is 1.06 bits per heavy atom. The molecule has 0 spiro atoms. The molecule has 0 saturated carbocycles. The maximum Gasteiger partial charge on any atom is 0.253 e. The molecule has 1 aromatic carbocycles. The van der Waals surface area contributed by atoms with Crippen molar-refractivity contribution in [2.24, 2.45) is 0 Å². The van der Waals surface area contributed by atoms with Gasteiger partial charge in [0.15, 0.2) is 0 Å². The summed E-state index contributed by atoms with van der Waals surface area (Å²) in [7, 11) is 0. The number of hydrogen-bond donors (Lipinski definition) is 6. The zero-order chi connectivity index (χ0) is 25.1. The van der Waals surface area contributed by atoms with Crippen molar-refractivity contribution in [3.8, 4) is 11.3 Å². The van der Waals surface area contributed by atoms with E-state index in [1.165, 1.54) is 6.33 Å². The summed E-state index contributed by atoms with van der Waals surface area (Å²) in [5, 5.41) is 7.83. The second-order valence-electron chi connectivity index (χ2n) is 7.81. The first-order chi connectivity index (χ1) is 16.7. The predicted molar refractivity (Wildman–Crippen MR) is 150 cm³/mol. The smallest absolute Gasteiger partial charge is 0.253 e. The Morgan fingerprint density at radius 3 is 2.51 bits per heavy atom. The van der Waals surface area contributed by atoms with Gasteiger partial charge in [0.25, 0.3) is 5.91 Å². The summed E-state index contributed by atoms with van der Waals surface area (Å²) in [5.41, 5.74) is 3.57. The molecule has 2 N–H and O–H groups in total. The van der Waals surface area contributed by atoms with Gasteiger partial charge in [0, 0.05) is 30.1 Å². The Kier molecular flexibility index (Phi) is 8.05. The first-order valence-electron chi connectivity index (χ1n) is 10.6. The number of para-hydroxylation sites is 1. The second-order valence-corrected chi connectivity index (χ2v) is 10.1. The molecule has 0 bridgehead atoms. The summed E-state index contributed by atoms with van der Waals surface area (Å²) in [6.07, 6.45) is 3.11. The number of thiol groups is 4. The highest BCUT2D eigenvalue weighted by Gasteiger charge is 2.17. The highest BCUT2D eigenvalue weighted by molar-refractivity contribution is 7.99. The number of nitrogens with one attached hydrogen (secondary N) is 2. The number of amides is 1. The number of carbonyl (C=O) groups excluding carboxylic acids is 1. The maximum absolute atomic E-state index is 12.6. The van der Waals surface area contributed by atoms with Gasteiger partial charge < -0.3 is 10.6 Å². The molecule has 0 saturated heterocycles. The average Bonchev–Trinajstić information content (AvgIpc) is 2.81. The van der Waals surface area contributed by atoms with E-state index < -0.39 is 4.71 Å². The van der Waals surface area contributed by atoms with E-state index in [0.29, 0.717) is 45.1 Å². The molecule has 180 valence electrons. The van der Waals surface area contributed by atoms with Crippen molar-refractivity contribution in [3.63, 3.8) is 0 Å². The van der Waals surface area contributed by atoms with Crippen LogP contribution in [0.15, 0.2) is 52.9 Å². The topological polar surface area (TPSA) is 106 Å². The molecule has 3 aromatic heterocycles. The Hall–Kier alpha value is -2.54. The minimum atomic E-state index is -0.557. The minimum absolute atomic E-state index is 0.0639. The molecule has 0 aliphatic carbocycles. The highest BCUT2D eigenvalue weighted by atomic mass is 32.2. The monoisotopic (exact) mass is 541 g/mol. The number of nitrogens with zero attached hydrogens (tertiary/aromatic N) is 5. The van der Waals surface area contributed by atoms with Crippen LogP contribution in [-0.2, 0) is 0 Å². The lowest BCUT2D eigenvalue weighted by atomic mass is 9.96. The number of carbonyl (C=O) groups is 1. The van der Waals surface area contributed by atoms with Crippen molar-refractivity contribution in [1.82, 2.24) is 30.2 Å². The molecule has 1 amide bonds. The molecule has 4 rings (SSSR count). The van der Waals surface area contributed by atoms with Crippen molar-refractivity contribution in [2.75, 3.05) is 11.9 Å². The van der Waals surface area contributed by atoms with Crippen LogP contribution in [0.5, 0.6) is 0 Å². The van der Waals surface area contributed by atoms with E-state index in [-0.39, 0.29) is 11.8 Å². The van der Waals surface area contributed by atoms with Crippen LogP contribution in [-0.4, -0.2) is 42.1 Å². The fraction of sp³-hybridized carbons (Fsp3) is 0.217. The molecular formula is C23H23N7OS4. The molecule has 35 heavy (non-hydrogen) atoms. The van der Waals surface area contributed by atoms with E-state index in [9.17, 15) is 4.79 Å². The molecule has 4 aromatic rings. The van der Waals surface area contributed by atoms with Crippen molar-refractivity contribution in [2.45, 2.75) is 34.5 Å². The van der Waals surface area contributed by atoms with E-state index in [1.807, 2.05) is 24.3 Å². The molecule has 0 radical (unpaired) electrons. The lowest BCUT2D eigenvalue weighted by Gasteiger charge is -2.17. The third-order valence-electron chi connectivity index (χ3n) is 5.33. The highest BCUT2D eigenvalue weighted by Crippen LogP contribution is 2.30. The largest absolute Gasteiger partial charge is 0.369 e. The molecule has 0 aliphatic heterocycles. The number of fused-ring (bicyclic) bond motifs is 1. The van der Waals surface area contributed by atoms with E-state index in [0.717, 1.165) is 16.5 Å². The zero-order valence-corrected chi connectivity index (χ0v) is 22.4. The number of aryl methyl sites for hydroxylation is 1. The van der Waals surface area contributed by atoms with Crippen LogP contribution in [0, 0.1) is 6.92 Å². The lowest BCUT2D eigenvalue weighted by molar-refractivity contribution is 0.0960. The number of pyridine rings is 1. The summed E-state index contributed by atoms with van der Waals surface area (Å²) in [5.74, 6) is 1.04. The number of rotatable bonds is 7. The summed E-state index contributed by atoms with van der Waals surface area (Å²) >= 11 is 17.2. The SMILES string of the molecule is Cc1nc(S)c(-c2cc(NC[C@@H](C)c3cccc4c(C(=O)NC(S)S)ccnc34)ncn2)c(S)n1. The van der Waals surface area contributed by atoms with Crippen LogP contribution in [0.1, 0.15) is 34.6 Å². The Balaban J connectivity index is 1.57. The van der Waals surface area contributed by atoms with Crippen LogP contribution in [0.2, 0.25) is 0 Å². The molecule has 0 unspecified atom stereocenters. The van der Waals surface area contributed by atoms with Gasteiger partial charge in [-0.15, -0.1) is 50.5 Å². The molecule has 0 fully saturated rings. The third-order valence-corrected chi connectivity index (χ3v) is 6.24. The van der Waals surface area contributed by atoms with Gasteiger partial charge in [-0.05, 0) is 18.6 Å². The first-order valence-corrected chi connectivity index (χ1v) is 12.5.